The first-order valence-corrected chi connectivity index (χ1v) is 5.92. The van der Waals surface area contributed by atoms with Crippen molar-refractivity contribution in [2.45, 2.75) is 13.7 Å². The first-order chi connectivity index (χ1) is 9.02. The zero-order valence-corrected chi connectivity index (χ0v) is 11.6. The summed E-state index contributed by atoms with van der Waals surface area (Å²) in [5, 5.41) is 11.1. The molecule has 0 saturated carbocycles. The van der Waals surface area contributed by atoms with Gasteiger partial charge in [0, 0.05) is 14.2 Å². The summed E-state index contributed by atoms with van der Waals surface area (Å²) in [7, 11) is 3.30. The minimum atomic E-state index is -0.370. The van der Waals surface area contributed by atoms with Crippen LogP contribution in [0.4, 0.5) is 5.69 Å². The van der Waals surface area contributed by atoms with Crippen molar-refractivity contribution in [1.29, 1.82) is 0 Å². The predicted molar refractivity (Wildman–Crippen MR) is 70.1 cm³/mol. The Balaban J connectivity index is 2.13. The number of aryl methyl sites for hydroxylation is 1. The highest BCUT2D eigenvalue weighted by Gasteiger charge is 2.18. The molecule has 0 bridgehead atoms. The van der Waals surface area contributed by atoms with Crippen molar-refractivity contribution in [3.8, 4) is 0 Å². The average Bonchev–Trinajstić information content (AvgIpc) is 2.90. The molecule has 102 valence electrons. The highest BCUT2D eigenvalue weighted by atomic mass is 35.5. The average molecular weight is 284 g/mol. The van der Waals surface area contributed by atoms with E-state index in [-0.39, 0.29) is 11.6 Å². The van der Waals surface area contributed by atoms with Crippen LogP contribution in [-0.4, -0.2) is 32.6 Å². The Bertz CT molecular complexity index is 604. The van der Waals surface area contributed by atoms with Crippen LogP contribution >= 0.6 is 11.6 Å². The van der Waals surface area contributed by atoms with Gasteiger partial charge < -0.3 is 10.1 Å². The molecule has 19 heavy (non-hydrogen) atoms. The molecule has 0 spiro atoms. The number of nitrogens with one attached hydrogen (secondary N) is 1. The number of aromatic nitrogens is 4. The summed E-state index contributed by atoms with van der Waals surface area (Å²) in [6.07, 6.45) is 3.19. The molecule has 1 amide bonds. The number of halogens is 1. The monoisotopic (exact) mass is 283 g/mol. The van der Waals surface area contributed by atoms with Gasteiger partial charge >= 0.3 is 0 Å². The van der Waals surface area contributed by atoms with E-state index >= 15 is 0 Å². The van der Waals surface area contributed by atoms with Crippen LogP contribution in [-0.2, 0) is 18.5 Å². The van der Waals surface area contributed by atoms with Crippen molar-refractivity contribution >= 4 is 23.2 Å². The second-order valence-electron chi connectivity index (χ2n) is 4.01. The van der Waals surface area contributed by atoms with Crippen LogP contribution in [0.3, 0.4) is 0 Å². The first-order valence-electron chi connectivity index (χ1n) is 5.54. The van der Waals surface area contributed by atoms with Crippen LogP contribution in [0.5, 0.6) is 0 Å². The van der Waals surface area contributed by atoms with Gasteiger partial charge in [0.2, 0.25) is 0 Å². The zero-order valence-electron chi connectivity index (χ0n) is 10.8. The van der Waals surface area contributed by atoms with E-state index in [1.54, 1.807) is 36.6 Å². The molecule has 0 unspecified atom stereocenters. The van der Waals surface area contributed by atoms with Crippen molar-refractivity contribution in [2.75, 3.05) is 12.4 Å². The Kier molecular flexibility index (Phi) is 3.87. The van der Waals surface area contributed by atoms with Crippen LogP contribution in [0, 0.1) is 6.92 Å². The minimum absolute atomic E-state index is 0.196. The van der Waals surface area contributed by atoms with Crippen LogP contribution in [0.25, 0.3) is 0 Å². The number of hydrogen-bond acceptors (Lipinski definition) is 4. The molecule has 0 aliphatic heterocycles. The molecule has 7 nitrogen and oxygen atoms in total. The molecule has 1 N–H and O–H groups in total. The lowest BCUT2D eigenvalue weighted by Gasteiger charge is -1.99. The third-order valence-electron chi connectivity index (χ3n) is 2.63. The fraction of sp³-hybridized carbons (Fsp3) is 0.364. The second kappa shape index (κ2) is 5.41. The van der Waals surface area contributed by atoms with E-state index in [4.69, 9.17) is 16.3 Å². The number of carbonyl (C=O) groups excluding carboxylic acids is 1. The maximum atomic E-state index is 12.0. The smallest absolute Gasteiger partial charge is 0.277 e. The van der Waals surface area contributed by atoms with Gasteiger partial charge in [-0.05, 0) is 6.92 Å². The number of rotatable bonds is 4. The molecular formula is C11H14ClN5O2. The van der Waals surface area contributed by atoms with Crippen LogP contribution in [0.2, 0.25) is 5.02 Å². The molecule has 0 aliphatic carbocycles. The van der Waals surface area contributed by atoms with E-state index < -0.39 is 0 Å². The molecule has 2 aromatic rings. The molecule has 2 heterocycles. The predicted octanol–water partition coefficient (Wildman–Crippen LogP) is 1.43. The quantitative estimate of drug-likeness (QED) is 0.921. The highest BCUT2D eigenvalue weighted by molar-refractivity contribution is 6.34. The van der Waals surface area contributed by atoms with Gasteiger partial charge in [-0.3, -0.25) is 9.48 Å². The number of anilines is 1. The number of carbonyl (C=O) groups is 1. The Morgan fingerprint density at radius 1 is 1.58 bits per heavy atom. The van der Waals surface area contributed by atoms with Crippen molar-refractivity contribution in [3.63, 3.8) is 0 Å². The van der Waals surface area contributed by atoms with Gasteiger partial charge in [0.05, 0.1) is 28.8 Å². The Labute approximate surface area is 115 Å². The van der Waals surface area contributed by atoms with Crippen molar-refractivity contribution in [1.82, 2.24) is 19.6 Å². The Morgan fingerprint density at radius 3 is 2.89 bits per heavy atom. The Hall–Kier alpha value is -1.86. The number of amides is 1. The summed E-state index contributed by atoms with van der Waals surface area (Å²) in [5.41, 5.74) is 1.49. The Morgan fingerprint density at radius 2 is 2.32 bits per heavy atom. The fourth-order valence-electron chi connectivity index (χ4n) is 1.55. The lowest BCUT2D eigenvalue weighted by atomic mass is 10.3. The van der Waals surface area contributed by atoms with Crippen molar-refractivity contribution in [2.24, 2.45) is 7.05 Å². The van der Waals surface area contributed by atoms with Gasteiger partial charge in [0.15, 0.2) is 5.69 Å². The minimum Gasteiger partial charge on any atom is -0.362 e. The maximum Gasteiger partial charge on any atom is 0.277 e. The summed E-state index contributed by atoms with van der Waals surface area (Å²) in [4.78, 5) is 12.0. The summed E-state index contributed by atoms with van der Waals surface area (Å²) in [5.74, 6) is -0.370. The summed E-state index contributed by atoms with van der Waals surface area (Å²) in [6.45, 7) is 2.11. The highest BCUT2D eigenvalue weighted by Crippen LogP contribution is 2.20. The molecular weight excluding hydrogens is 270 g/mol. The molecule has 0 aliphatic rings. The maximum absolute atomic E-state index is 12.0. The van der Waals surface area contributed by atoms with E-state index in [1.807, 2.05) is 0 Å². The fourth-order valence-corrected chi connectivity index (χ4v) is 1.79. The van der Waals surface area contributed by atoms with Gasteiger partial charge in [-0.25, -0.2) is 4.68 Å². The number of nitrogens with zero attached hydrogens (tertiary/aromatic N) is 4. The topological polar surface area (TPSA) is 74.0 Å². The lowest BCUT2D eigenvalue weighted by Crippen LogP contribution is -2.13. The third-order valence-corrected chi connectivity index (χ3v) is 3.08. The molecule has 0 fully saturated rings. The van der Waals surface area contributed by atoms with Crippen LogP contribution in [0.1, 0.15) is 16.2 Å². The standard InChI is InChI=1S/C11H14ClN5O2/c1-7-9(12)10(15-16(7)2)11(18)14-8-4-13-17(5-8)6-19-3/h4-5H,6H2,1-3H3,(H,14,18). The van der Waals surface area contributed by atoms with Crippen molar-refractivity contribution in [3.05, 3.63) is 28.8 Å². The summed E-state index contributed by atoms with van der Waals surface area (Å²) < 4.78 is 8.04. The molecule has 2 aromatic heterocycles. The summed E-state index contributed by atoms with van der Waals surface area (Å²) in [6, 6.07) is 0. The van der Waals surface area contributed by atoms with Gasteiger partial charge in [-0.1, -0.05) is 11.6 Å². The molecule has 2 rings (SSSR count). The van der Waals surface area contributed by atoms with Crippen LogP contribution < -0.4 is 5.32 Å². The van der Waals surface area contributed by atoms with Gasteiger partial charge in [-0.15, -0.1) is 0 Å². The normalized spacial score (nSPS) is 10.7. The molecule has 0 aromatic carbocycles. The largest absolute Gasteiger partial charge is 0.362 e. The van der Waals surface area contributed by atoms with Gasteiger partial charge in [0.1, 0.15) is 6.73 Å². The van der Waals surface area contributed by atoms with Crippen LogP contribution in [0.15, 0.2) is 12.4 Å². The first kappa shape index (κ1) is 13.6. The van der Waals surface area contributed by atoms with E-state index in [1.165, 1.54) is 6.20 Å². The molecule has 0 radical (unpaired) electrons. The van der Waals surface area contributed by atoms with E-state index in [0.29, 0.717) is 17.4 Å². The van der Waals surface area contributed by atoms with E-state index in [2.05, 4.69) is 15.5 Å². The van der Waals surface area contributed by atoms with Gasteiger partial charge in [-0.2, -0.15) is 10.2 Å². The molecule has 0 atom stereocenters. The molecule has 8 heteroatoms. The van der Waals surface area contributed by atoms with Gasteiger partial charge in [0.25, 0.3) is 5.91 Å². The third kappa shape index (κ3) is 2.77. The molecule has 0 saturated heterocycles. The van der Waals surface area contributed by atoms with E-state index in [0.717, 1.165) is 5.69 Å². The number of ether oxygens (including phenoxy) is 1. The number of methoxy groups -OCH3 is 1. The zero-order chi connectivity index (χ0) is 14.0. The summed E-state index contributed by atoms with van der Waals surface area (Å²) >= 11 is 6.05. The second-order valence-corrected chi connectivity index (χ2v) is 4.39. The number of hydrogen-bond donors (Lipinski definition) is 1. The van der Waals surface area contributed by atoms with E-state index in [9.17, 15) is 4.79 Å². The SMILES string of the molecule is COCn1cc(NC(=O)c2nn(C)c(C)c2Cl)cn1. The van der Waals surface area contributed by atoms with Crippen molar-refractivity contribution < 1.29 is 9.53 Å². The lowest BCUT2D eigenvalue weighted by molar-refractivity contribution is 0.102.